The predicted molar refractivity (Wildman–Crippen MR) is 60.6 cm³/mol. The summed E-state index contributed by atoms with van der Waals surface area (Å²) in [5.41, 5.74) is 0.948. The quantitative estimate of drug-likeness (QED) is 0.535. The number of carbonyl (C=O) groups excluding carboxylic acids is 2. The third-order valence-corrected chi connectivity index (χ3v) is 3.88. The lowest BCUT2D eigenvalue weighted by atomic mass is 9.82. The van der Waals surface area contributed by atoms with Crippen LogP contribution in [0.25, 0.3) is 0 Å². The summed E-state index contributed by atoms with van der Waals surface area (Å²) in [5, 5.41) is -0.608. The van der Waals surface area contributed by atoms with Gasteiger partial charge in [0.25, 0.3) is 0 Å². The Bertz CT molecular complexity index is 423. The average Bonchev–Trinajstić information content (AvgIpc) is 2.26. The lowest BCUT2D eigenvalue weighted by molar-refractivity contribution is -0.118. The second-order valence-electron chi connectivity index (χ2n) is 3.80. The molecule has 3 nitrogen and oxygen atoms in total. The number of Topliss-reactive ketones (excluding diaryl/α,β-unsaturated/α-hetero) is 1. The maximum Gasteiger partial charge on any atom is 0.224 e. The van der Waals surface area contributed by atoms with Crippen molar-refractivity contribution in [3.63, 3.8) is 0 Å². The Morgan fingerprint density at radius 3 is 2.31 bits per heavy atom. The number of carbonyl (C=O) groups is 2. The summed E-state index contributed by atoms with van der Waals surface area (Å²) in [6, 6.07) is 0. The largest absolute Gasteiger partial charge is 0.493 e. The summed E-state index contributed by atoms with van der Waals surface area (Å²) in [6.45, 7) is 0. The van der Waals surface area contributed by atoms with Gasteiger partial charge in [0.05, 0.1) is 17.9 Å². The second kappa shape index (κ2) is 4.22. The fourth-order valence-corrected chi connectivity index (χ4v) is 2.43. The van der Waals surface area contributed by atoms with Crippen molar-refractivity contribution >= 4 is 34.8 Å². The molecule has 16 heavy (non-hydrogen) atoms. The molecule has 0 aromatic rings. The molecular formula is C11H10Cl2O3. The van der Waals surface area contributed by atoms with Crippen molar-refractivity contribution in [2.24, 2.45) is 0 Å². The third-order valence-electron chi connectivity index (χ3n) is 2.83. The maximum atomic E-state index is 11.9. The first-order valence-electron chi connectivity index (χ1n) is 4.89. The van der Waals surface area contributed by atoms with Gasteiger partial charge in [0.2, 0.25) is 5.78 Å². The average molecular weight is 261 g/mol. The van der Waals surface area contributed by atoms with Gasteiger partial charge in [-0.3, -0.25) is 9.59 Å². The topological polar surface area (TPSA) is 43.4 Å². The minimum absolute atomic E-state index is 0.0839. The summed E-state index contributed by atoms with van der Waals surface area (Å²) in [7, 11) is 1.37. The fourth-order valence-electron chi connectivity index (χ4n) is 1.94. The predicted octanol–water partition coefficient (Wildman–Crippen LogP) is 1.97. The van der Waals surface area contributed by atoms with Crippen molar-refractivity contribution in [1.29, 1.82) is 0 Å². The van der Waals surface area contributed by atoms with Crippen molar-refractivity contribution in [3.8, 4) is 0 Å². The zero-order chi connectivity index (χ0) is 11.9. The van der Waals surface area contributed by atoms with E-state index in [1.54, 1.807) is 0 Å². The molecular weight excluding hydrogens is 251 g/mol. The molecule has 5 heteroatoms. The monoisotopic (exact) mass is 260 g/mol. The maximum absolute atomic E-state index is 11.9. The number of methoxy groups -OCH3 is 1. The van der Waals surface area contributed by atoms with Crippen molar-refractivity contribution < 1.29 is 14.3 Å². The number of rotatable bonds is 1. The molecule has 86 valence electrons. The van der Waals surface area contributed by atoms with E-state index in [4.69, 9.17) is 27.9 Å². The molecule has 0 radical (unpaired) electrons. The third kappa shape index (κ3) is 1.78. The number of alkyl halides is 2. The summed E-state index contributed by atoms with van der Waals surface area (Å²) in [5.74, 6) is -0.354. The van der Waals surface area contributed by atoms with Crippen LogP contribution in [-0.4, -0.2) is 29.4 Å². The first-order valence-corrected chi connectivity index (χ1v) is 5.76. The Kier molecular flexibility index (Phi) is 3.08. The highest BCUT2D eigenvalue weighted by atomic mass is 35.5. The molecule has 2 aliphatic rings. The van der Waals surface area contributed by atoms with Gasteiger partial charge in [0.1, 0.15) is 0 Å². The van der Waals surface area contributed by atoms with Gasteiger partial charge in [-0.1, -0.05) is 0 Å². The molecule has 0 heterocycles. The molecule has 0 spiro atoms. The number of hydrogen-bond acceptors (Lipinski definition) is 3. The molecule has 2 rings (SSSR count). The van der Waals surface area contributed by atoms with Crippen LogP contribution in [0.3, 0.4) is 0 Å². The Morgan fingerprint density at radius 2 is 1.75 bits per heavy atom. The Balaban J connectivity index is 2.40. The summed E-state index contributed by atoms with van der Waals surface area (Å²) >= 11 is 12.0. The molecule has 2 aliphatic carbocycles. The molecule has 0 unspecified atom stereocenters. The Morgan fingerprint density at radius 1 is 1.19 bits per heavy atom. The van der Waals surface area contributed by atoms with Crippen molar-refractivity contribution in [2.75, 3.05) is 7.11 Å². The van der Waals surface area contributed by atoms with E-state index in [1.165, 1.54) is 13.2 Å². The van der Waals surface area contributed by atoms with Gasteiger partial charge in [0, 0.05) is 17.2 Å². The van der Waals surface area contributed by atoms with Gasteiger partial charge in [-0.15, -0.1) is 23.2 Å². The molecule has 2 atom stereocenters. The van der Waals surface area contributed by atoms with E-state index in [2.05, 4.69) is 0 Å². The van der Waals surface area contributed by atoms with Crippen LogP contribution in [0.15, 0.2) is 23.0 Å². The van der Waals surface area contributed by atoms with Crippen molar-refractivity contribution in [3.05, 3.63) is 23.0 Å². The summed E-state index contributed by atoms with van der Waals surface area (Å²) in [4.78, 5) is 23.6. The molecule has 0 amide bonds. The van der Waals surface area contributed by atoms with Gasteiger partial charge in [-0.2, -0.15) is 0 Å². The van der Waals surface area contributed by atoms with E-state index in [0.29, 0.717) is 24.0 Å². The van der Waals surface area contributed by atoms with Crippen LogP contribution < -0.4 is 0 Å². The smallest absolute Gasteiger partial charge is 0.224 e. The number of halogens is 2. The standard InChI is InChI=1S/C11H10Cl2O3/c1-16-10-4-9(14)5-2-7(12)8(13)3-6(5)11(10)15/h4,7-8H,2-3H2,1H3/t7-,8-/m0/s1. The minimum Gasteiger partial charge on any atom is -0.493 e. The van der Waals surface area contributed by atoms with Crippen LogP contribution in [0.5, 0.6) is 0 Å². The van der Waals surface area contributed by atoms with Crippen LogP contribution in [0.1, 0.15) is 12.8 Å². The van der Waals surface area contributed by atoms with E-state index in [-0.39, 0.29) is 28.1 Å². The normalized spacial score (nSPS) is 30.1. The van der Waals surface area contributed by atoms with E-state index < -0.39 is 0 Å². The van der Waals surface area contributed by atoms with Gasteiger partial charge in [-0.05, 0) is 12.8 Å². The first-order chi connectivity index (χ1) is 7.54. The highest BCUT2D eigenvalue weighted by Gasteiger charge is 2.37. The van der Waals surface area contributed by atoms with E-state index >= 15 is 0 Å². The number of allylic oxidation sites excluding steroid dienone is 3. The van der Waals surface area contributed by atoms with Crippen LogP contribution in [0.2, 0.25) is 0 Å². The van der Waals surface area contributed by atoms with E-state index in [1.807, 2.05) is 0 Å². The minimum atomic E-state index is -0.312. The Labute approximate surface area is 103 Å². The van der Waals surface area contributed by atoms with Crippen LogP contribution in [-0.2, 0) is 14.3 Å². The van der Waals surface area contributed by atoms with Gasteiger partial charge < -0.3 is 4.74 Å². The van der Waals surface area contributed by atoms with Gasteiger partial charge in [0.15, 0.2) is 11.5 Å². The second-order valence-corrected chi connectivity index (χ2v) is 4.92. The summed E-state index contributed by atoms with van der Waals surface area (Å²) in [6.07, 6.45) is 1.90. The number of hydrogen-bond donors (Lipinski definition) is 0. The molecule has 0 N–H and O–H groups in total. The molecule has 0 aromatic heterocycles. The molecule has 0 fully saturated rings. The highest BCUT2D eigenvalue weighted by molar-refractivity contribution is 6.32. The Hall–Kier alpha value is -0.800. The highest BCUT2D eigenvalue weighted by Crippen LogP contribution is 2.36. The van der Waals surface area contributed by atoms with Gasteiger partial charge >= 0.3 is 0 Å². The van der Waals surface area contributed by atoms with Crippen molar-refractivity contribution in [1.82, 2.24) is 0 Å². The first kappa shape index (κ1) is 11.7. The number of ketones is 2. The van der Waals surface area contributed by atoms with Crippen LogP contribution in [0.4, 0.5) is 0 Å². The zero-order valence-corrected chi connectivity index (χ0v) is 10.1. The zero-order valence-electron chi connectivity index (χ0n) is 8.63. The van der Waals surface area contributed by atoms with Crippen LogP contribution >= 0.6 is 23.2 Å². The molecule has 0 bridgehead atoms. The molecule has 0 aromatic carbocycles. The molecule has 0 aliphatic heterocycles. The lowest BCUT2D eigenvalue weighted by Gasteiger charge is -2.28. The SMILES string of the molecule is COC1=CC(=O)C2=C(C[C@H](Cl)[C@@H](Cl)C2)C1=O. The van der Waals surface area contributed by atoms with Crippen molar-refractivity contribution in [2.45, 2.75) is 23.6 Å². The lowest BCUT2D eigenvalue weighted by Crippen LogP contribution is -2.31. The van der Waals surface area contributed by atoms with E-state index in [0.717, 1.165) is 0 Å². The van der Waals surface area contributed by atoms with E-state index in [9.17, 15) is 9.59 Å². The number of ether oxygens (including phenoxy) is 1. The fraction of sp³-hybridized carbons (Fsp3) is 0.455. The van der Waals surface area contributed by atoms with Gasteiger partial charge in [-0.25, -0.2) is 0 Å². The molecule has 0 saturated carbocycles. The summed E-state index contributed by atoms with van der Waals surface area (Å²) < 4.78 is 4.87. The van der Waals surface area contributed by atoms with Crippen LogP contribution in [0, 0.1) is 0 Å². The molecule has 0 saturated heterocycles.